The van der Waals surface area contributed by atoms with E-state index < -0.39 is 84.0 Å². The Morgan fingerprint density at radius 3 is 2.03 bits per heavy atom. The van der Waals surface area contributed by atoms with Crippen LogP contribution in [0.25, 0.3) is 0 Å². The van der Waals surface area contributed by atoms with Crippen LogP contribution in [-0.2, 0) is 28.8 Å². The van der Waals surface area contributed by atoms with E-state index in [1.807, 2.05) is 0 Å². The quantitative estimate of drug-likeness (QED) is 0.162. The lowest BCUT2D eigenvalue weighted by Crippen LogP contribution is -2.61. The molecule has 1 aliphatic rings. The molecule has 210 valence electrons. The Morgan fingerprint density at radius 2 is 1.54 bits per heavy atom. The van der Waals surface area contributed by atoms with Crippen LogP contribution in [0.15, 0.2) is 0 Å². The van der Waals surface area contributed by atoms with Crippen molar-refractivity contribution in [2.45, 2.75) is 82.5 Å². The number of nitrogens with two attached hydrogens (primary N) is 1. The Kier molecular flexibility index (Phi) is 12.8. The van der Waals surface area contributed by atoms with E-state index in [-0.39, 0.29) is 17.7 Å². The van der Waals surface area contributed by atoms with Gasteiger partial charge in [0, 0.05) is 11.8 Å². The summed E-state index contributed by atoms with van der Waals surface area (Å²) in [5.41, 5.74) is 5.25. The zero-order chi connectivity index (χ0) is 28.4. The first-order valence-electron chi connectivity index (χ1n) is 11.9. The van der Waals surface area contributed by atoms with Gasteiger partial charge in [-0.2, -0.15) is 0 Å². The highest BCUT2D eigenvalue weighted by molar-refractivity contribution is 8.00. The highest BCUT2D eigenvalue weighted by Crippen LogP contribution is 2.22. The number of primary amides is 1. The molecule has 15 heteroatoms. The molecular weight excluding hydrogens is 508 g/mol. The number of hydrogen-bond donors (Lipinski definition) is 8. The second-order valence-electron chi connectivity index (χ2n) is 9.45. The molecular formula is C22H38N6O8S. The fraction of sp³-hybridized carbons (Fsp3) is 0.727. The van der Waals surface area contributed by atoms with Crippen LogP contribution in [0.3, 0.4) is 0 Å². The third-order valence-electron chi connectivity index (χ3n) is 5.50. The number of amides is 5. The smallest absolute Gasteiger partial charge is 0.318 e. The van der Waals surface area contributed by atoms with Gasteiger partial charge in [0.2, 0.25) is 29.5 Å². The van der Waals surface area contributed by atoms with Crippen molar-refractivity contribution in [1.82, 2.24) is 26.6 Å². The molecule has 0 aromatic heterocycles. The van der Waals surface area contributed by atoms with Crippen LogP contribution in [0.2, 0.25) is 0 Å². The molecule has 0 radical (unpaired) electrons. The number of carboxylic acid groups (broad SMARTS) is 1. The van der Waals surface area contributed by atoms with Gasteiger partial charge >= 0.3 is 5.97 Å². The van der Waals surface area contributed by atoms with E-state index in [0.717, 1.165) is 11.8 Å². The van der Waals surface area contributed by atoms with Crippen LogP contribution in [0.1, 0.15) is 41.0 Å². The molecule has 6 atom stereocenters. The van der Waals surface area contributed by atoms with E-state index in [9.17, 15) is 39.0 Å². The molecule has 0 bridgehead atoms. The number of rotatable bonds is 7. The van der Waals surface area contributed by atoms with E-state index in [4.69, 9.17) is 5.73 Å². The van der Waals surface area contributed by atoms with Gasteiger partial charge in [-0.15, -0.1) is 11.8 Å². The fourth-order valence-corrected chi connectivity index (χ4v) is 4.92. The van der Waals surface area contributed by atoms with Crippen molar-refractivity contribution in [2.24, 2.45) is 11.7 Å². The van der Waals surface area contributed by atoms with Crippen molar-refractivity contribution in [3.63, 3.8) is 0 Å². The number of carbonyl (C=O) groups excluding carboxylic acids is 5. The number of carbonyl (C=O) groups is 6. The number of aliphatic hydroxyl groups excluding tert-OH is 1. The SMILES string of the molecule is CC(C)NC1CSC(C(=O)O)C(C(C)C)NC(=O)[C@H](CC(N)=O)NC(=O)[C@H](C)NC(=O)C(CO)NC1=O. The molecule has 1 aliphatic heterocycles. The highest BCUT2D eigenvalue weighted by atomic mass is 32.2. The third-order valence-corrected chi connectivity index (χ3v) is 6.88. The zero-order valence-electron chi connectivity index (χ0n) is 21.6. The Balaban J connectivity index is 3.49. The third kappa shape index (κ3) is 10.2. The number of hydrogen-bond acceptors (Lipinski definition) is 9. The van der Waals surface area contributed by atoms with E-state index in [1.165, 1.54) is 6.92 Å². The summed E-state index contributed by atoms with van der Waals surface area (Å²) in [5.74, 6) is -5.74. The van der Waals surface area contributed by atoms with Gasteiger partial charge in [0.25, 0.3) is 0 Å². The predicted octanol–water partition coefficient (Wildman–Crippen LogP) is -2.96. The topological polar surface area (TPSA) is 229 Å². The van der Waals surface area contributed by atoms with Crippen molar-refractivity contribution < 1.29 is 39.0 Å². The summed E-state index contributed by atoms with van der Waals surface area (Å²) in [6, 6.07) is -6.14. The molecule has 9 N–H and O–H groups in total. The van der Waals surface area contributed by atoms with Crippen LogP contribution in [0.4, 0.5) is 0 Å². The average molecular weight is 547 g/mol. The first-order chi connectivity index (χ1) is 17.2. The number of aliphatic hydroxyl groups is 1. The Hall–Kier alpha value is -2.91. The zero-order valence-corrected chi connectivity index (χ0v) is 22.4. The second-order valence-corrected chi connectivity index (χ2v) is 10.6. The molecule has 0 aromatic rings. The molecule has 4 unspecified atom stereocenters. The Labute approximate surface area is 219 Å². The number of aliphatic carboxylic acids is 1. The first-order valence-corrected chi connectivity index (χ1v) is 12.9. The van der Waals surface area contributed by atoms with Gasteiger partial charge in [0.15, 0.2) is 0 Å². The van der Waals surface area contributed by atoms with Crippen molar-refractivity contribution in [1.29, 1.82) is 0 Å². The fourth-order valence-electron chi connectivity index (χ4n) is 3.54. The maximum absolute atomic E-state index is 13.1. The van der Waals surface area contributed by atoms with Crippen LogP contribution >= 0.6 is 11.8 Å². The molecule has 37 heavy (non-hydrogen) atoms. The lowest BCUT2D eigenvalue weighted by Gasteiger charge is -2.32. The van der Waals surface area contributed by atoms with Crippen LogP contribution in [-0.4, -0.2) is 99.6 Å². The van der Waals surface area contributed by atoms with Crippen molar-refractivity contribution in [3.8, 4) is 0 Å². The molecule has 0 aromatic carbocycles. The van der Waals surface area contributed by atoms with Crippen LogP contribution in [0.5, 0.6) is 0 Å². The predicted molar refractivity (Wildman–Crippen MR) is 135 cm³/mol. The molecule has 0 saturated carbocycles. The second kappa shape index (κ2) is 14.7. The van der Waals surface area contributed by atoms with Crippen LogP contribution in [0, 0.1) is 5.92 Å². The molecule has 0 spiro atoms. The van der Waals surface area contributed by atoms with Crippen LogP contribution < -0.4 is 32.3 Å². The van der Waals surface area contributed by atoms with Crippen molar-refractivity contribution in [2.75, 3.05) is 12.4 Å². The minimum Gasteiger partial charge on any atom is -0.480 e. The van der Waals surface area contributed by atoms with Gasteiger partial charge in [-0.1, -0.05) is 27.7 Å². The van der Waals surface area contributed by atoms with Gasteiger partial charge in [0.05, 0.1) is 25.1 Å². The van der Waals surface area contributed by atoms with E-state index >= 15 is 0 Å². The van der Waals surface area contributed by atoms with E-state index in [0.29, 0.717) is 0 Å². The highest BCUT2D eigenvalue weighted by Gasteiger charge is 2.37. The molecule has 14 nitrogen and oxygen atoms in total. The summed E-state index contributed by atoms with van der Waals surface area (Å²) in [5, 5.41) is 31.2. The summed E-state index contributed by atoms with van der Waals surface area (Å²) in [7, 11) is 0. The van der Waals surface area contributed by atoms with Gasteiger partial charge in [-0.3, -0.25) is 28.8 Å². The van der Waals surface area contributed by atoms with Gasteiger partial charge in [-0.05, 0) is 12.8 Å². The molecule has 1 fully saturated rings. The van der Waals surface area contributed by atoms with E-state index in [2.05, 4.69) is 26.6 Å². The number of carboxylic acids is 1. The minimum atomic E-state index is -1.43. The summed E-state index contributed by atoms with van der Waals surface area (Å²) < 4.78 is 0. The molecule has 1 saturated heterocycles. The van der Waals surface area contributed by atoms with E-state index in [1.54, 1.807) is 27.7 Å². The van der Waals surface area contributed by atoms with Crippen molar-refractivity contribution >= 4 is 47.3 Å². The molecule has 1 heterocycles. The van der Waals surface area contributed by atoms with Gasteiger partial charge < -0.3 is 42.5 Å². The molecule has 1 rings (SSSR count). The summed E-state index contributed by atoms with van der Waals surface area (Å²) >= 11 is 0.904. The van der Waals surface area contributed by atoms with Gasteiger partial charge in [-0.25, -0.2) is 0 Å². The average Bonchev–Trinajstić information content (AvgIpc) is 2.78. The molecule has 5 amide bonds. The first kappa shape index (κ1) is 32.1. The number of thioether (sulfide) groups is 1. The minimum absolute atomic E-state index is 0.0440. The van der Waals surface area contributed by atoms with Crippen molar-refractivity contribution in [3.05, 3.63) is 0 Å². The Morgan fingerprint density at radius 1 is 0.973 bits per heavy atom. The maximum Gasteiger partial charge on any atom is 0.318 e. The largest absolute Gasteiger partial charge is 0.480 e. The summed E-state index contributed by atoms with van der Waals surface area (Å²) in [6.45, 7) is 7.48. The monoisotopic (exact) mass is 546 g/mol. The standard InChI is InChI=1S/C22H38N6O8S/c1-9(2)16-17(22(35)36)37-8-14(24-10(3)4)21(34)27-13(7-29)20(33)25-11(5)18(31)26-12(6-15(23)30)19(32)28-16/h9-14,16-17,24,29H,6-8H2,1-5H3,(H2,23,30)(H,25,33)(H,26,31)(H,27,34)(H,28,32)(H,35,36)/t11-,12-,13?,14?,16?,17?/m0/s1. The lowest BCUT2D eigenvalue weighted by atomic mass is 9.99. The molecule has 0 aliphatic carbocycles. The normalized spacial score (nSPS) is 28.8. The maximum atomic E-state index is 13.1. The lowest BCUT2D eigenvalue weighted by molar-refractivity contribution is -0.138. The number of nitrogens with one attached hydrogen (secondary N) is 5. The Bertz CT molecular complexity index is 870. The van der Waals surface area contributed by atoms with Gasteiger partial charge in [0.1, 0.15) is 23.4 Å². The summed E-state index contributed by atoms with van der Waals surface area (Å²) in [6.07, 6.45) is -0.566. The summed E-state index contributed by atoms with van der Waals surface area (Å²) in [4.78, 5) is 75.2.